The number of carbonyl (C=O) groups is 1. The second-order valence-corrected chi connectivity index (χ2v) is 7.27. The molecule has 0 bridgehead atoms. The Morgan fingerprint density at radius 3 is 2.69 bits per heavy atom. The first-order valence-electron chi connectivity index (χ1n) is 10.7. The summed E-state index contributed by atoms with van der Waals surface area (Å²) in [7, 11) is 0. The first-order valence-corrected chi connectivity index (χ1v) is 10.7. The van der Waals surface area contributed by atoms with Crippen molar-refractivity contribution in [3.8, 4) is 11.5 Å². The molecule has 1 unspecified atom stereocenters. The zero-order chi connectivity index (χ0) is 20.5. The van der Waals surface area contributed by atoms with Crippen LogP contribution in [0.3, 0.4) is 0 Å². The van der Waals surface area contributed by atoms with E-state index >= 15 is 0 Å². The van der Waals surface area contributed by atoms with Gasteiger partial charge in [-0.05, 0) is 68.4 Å². The highest BCUT2D eigenvalue weighted by molar-refractivity contribution is 5.78. The van der Waals surface area contributed by atoms with Gasteiger partial charge in [-0.2, -0.15) is 0 Å². The van der Waals surface area contributed by atoms with Crippen LogP contribution >= 0.6 is 0 Å². The number of carbonyl (C=O) groups excluding carboxylic acids is 1. The summed E-state index contributed by atoms with van der Waals surface area (Å²) in [4.78, 5) is 12.3. The molecule has 2 aromatic carbocycles. The third-order valence-corrected chi connectivity index (χ3v) is 5.22. The molecule has 0 fully saturated rings. The molecule has 0 saturated carbocycles. The van der Waals surface area contributed by atoms with Gasteiger partial charge in [0.15, 0.2) is 11.5 Å². The van der Waals surface area contributed by atoms with Crippen LogP contribution in [0.2, 0.25) is 0 Å². The molecule has 0 spiro atoms. The largest absolute Gasteiger partial charge is 0.490 e. The van der Waals surface area contributed by atoms with Crippen molar-refractivity contribution in [1.29, 1.82) is 0 Å². The summed E-state index contributed by atoms with van der Waals surface area (Å²) in [6, 6.07) is 14.8. The first-order chi connectivity index (χ1) is 14.2. The molecule has 0 heterocycles. The highest BCUT2D eigenvalue weighted by atomic mass is 16.5. The van der Waals surface area contributed by atoms with E-state index in [4.69, 9.17) is 9.47 Å². The molecule has 0 aromatic heterocycles. The molecule has 1 atom stereocenters. The van der Waals surface area contributed by atoms with Crippen LogP contribution in [0, 0.1) is 0 Å². The van der Waals surface area contributed by atoms with E-state index in [0.717, 1.165) is 42.7 Å². The van der Waals surface area contributed by atoms with Gasteiger partial charge in [0.05, 0.1) is 19.8 Å². The Hall–Kier alpha value is -2.53. The zero-order valence-electron chi connectivity index (χ0n) is 17.5. The van der Waals surface area contributed by atoms with Crippen molar-refractivity contribution >= 4 is 5.91 Å². The van der Waals surface area contributed by atoms with Crippen molar-refractivity contribution in [2.45, 2.75) is 45.6 Å². The molecule has 5 nitrogen and oxygen atoms in total. The second kappa shape index (κ2) is 10.9. The van der Waals surface area contributed by atoms with E-state index in [1.807, 2.05) is 32.0 Å². The van der Waals surface area contributed by atoms with Gasteiger partial charge in [-0.25, -0.2) is 0 Å². The molecule has 0 radical (unpaired) electrons. The van der Waals surface area contributed by atoms with Crippen molar-refractivity contribution in [1.82, 2.24) is 10.6 Å². The predicted molar refractivity (Wildman–Crippen MR) is 116 cm³/mol. The van der Waals surface area contributed by atoms with Crippen LogP contribution in [0.1, 0.15) is 49.4 Å². The van der Waals surface area contributed by atoms with Crippen LogP contribution in [-0.2, 0) is 17.6 Å². The molecule has 0 saturated heterocycles. The van der Waals surface area contributed by atoms with E-state index in [1.165, 1.54) is 11.1 Å². The number of hydrogen-bond donors (Lipinski definition) is 2. The molecule has 0 aliphatic heterocycles. The monoisotopic (exact) mass is 396 g/mol. The Kier molecular flexibility index (Phi) is 7.94. The lowest BCUT2D eigenvalue weighted by Crippen LogP contribution is -2.37. The first kappa shape index (κ1) is 21.2. The van der Waals surface area contributed by atoms with Gasteiger partial charge in [0.2, 0.25) is 5.91 Å². The molecule has 156 valence electrons. The fourth-order valence-corrected chi connectivity index (χ4v) is 3.84. The summed E-state index contributed by atoms with van der Waals surface area (Å²) >= 11 is 0. The molecule has 29 heavy (non-hydrogen) atoms. The van der Waals surface area contributed by atoms with Gasteiger partial charge >= 0.3 is 0 Å². The second-order valence-electron chi connectivity index (χ2n) is 7.27. The normalized spacial score (nSPS) is 15.4. The number of hydrogen-bond acceptors (Lipinski definition) is 4. The maximum atomic E-state index is 12.3. The summed E-state index contributed by atoms with van der Waals surface area (Å²) in [6.07, 6.45) is 4.13. The van der Waals surface area contributed by atoms with E-state index in [1.54, 1.807) is 0 Å². The van der Waals surface area contributed by atoms with Crippen LogP contribution in [0.5, 0.6) is 11.5 Å². The van der Waals surface area contributed by atoms with E-state index in [9.17, 15) is 4.79 Å². The minimum absolute atomic E-state index is 0.0315. The SMILES string of the molecule is CCOc1ccc(CCNC(=O)CNC2CCCc3ccccc32)cc1OCC. The van der Waals surface area contributed by atoms with Crippen molar-refractivity contribution in [3.63, 3.8) is 0 Å². The number of nitrogens with one attached hydrogen (secondary N) is 2. The van der Waals surface area contributed by atoms with E-state index < -0.39 is 0 Å². The van der Waals surface area contributed by atoms with Crippen LogP contribution in [0.4, 0.5) is 0 Å². The van der Waals surface area contributed by atoms with Gasteiger partial charge in [0, 0.05) is 12.6 Å². The highest BCUT2D eigenvalue weighted by Crippen LogP contribution is 2.29. The van der Waals surface area contributed by atoms with E-state index in [0.29, 0.717) is 26.3 Å². The van der Waals surface area contributed by atoms with Gasteiger partial charge in [-0.3, -0.25) is 4.79 Å². The van der Waals surface area contributed by atoms with Gasteiger partial charge in [0.25, 0.3) is 0 Å². The zero-order valence-corrected chi connectivity index (χ0v) is 17.5. The Labute approximate surface area is 173 Å². The number of amides is 1. The minimum Gasteiger partial charge on any atom is -0.490 e. The summed E-state index contributed by atoms with van der Waals surface area (Å²) < 4.78 is 11.3. The summed E-state index contributed by atoms with van der Waals surface area (Å²) in [5.74, 6) is 1.55. The lowest BCUT2D eigenvalue weighted by atomic mass is 9.88. The topological polar surface area (TPSA) is 59.6 Å². The Balaban J connectivity index is 1.45. The smallest absolute Gasteiger partial charge is 0.233 e. The van der Waals surface area contributed by atoms with Crippen molar-refractivity contribution in [2.24, 2.45) is 0 Å². The number of aryl methyl sites for hydroxylation is 1. The van der Waals surface area contributed by atoms with Crippen molar-refractivity contribution in [2.75, 3.05) is 26.3 Å². The van der Waals surface area contributed by atoms with Gasteiger partial charge in [-0.15, -0.1) is 0 Å². The average Bonchev–Trinajstić information content (AvgIpc) is 2.74. The third-order valence-electron chi connectivity index (χ3n) is 5.22. The summed E-state index contributed by atoms with van der Waals surface area (Å²) in [6.45, 7) is 6.05. The summed E-state index contributed by atoms with van der Waals surface area (Å²) in [5.41, 5.74) is 3.85. The highest BCUT2D eigenvalue weighted by Gasteiger charge is 2.19. The quantitative estimate of drug-likeness (QED) is 0.641. The molecular formula is C24H32N2O3. The van der Waals surface area contributed by atoms with Crippen LogP contribution in [0.15, 0.2) is 42.5 Å². The third kappa shape index (κ3) is 5.97. The molecule has 1 amide bonds. The molecule has 3 rings (SSSR count). The Bertz CT molecular complexity index is 806. The fraction of sp³-hybridized carbons (Fsp3) is 0.458. The number of ether oxygens (including phenoxy) is 2. The average molecular weight is 397 g/mol. The Morgan fingerprint density at radius 2 is 1.86 bits per heavy atom. The number of fused-ring (bicyclic) bond motifs is 1. The molecule has 1 aliphatic rings. The van der Waals surface area contributed by atoms with Gasteiger partial charge in [-0.1, -0.05) is 30.3 Å². The molecular weight excluding hydrogens is 364 g/mol. The maximum Gasteiger partial charge on any atom is 0.233 e. The van der Waals surface area contributed by atoms with Crippen LogP contribution < -0.4 is 20.1 Å². The molecule has 1 aliphatic carbocycles. The lowest BCUT2D eigenvalue weighted by molar-refractivity contribution is -0.120. The van der Waals surface area contributed by atoms with Gasteiger partial charge in [0.1, 0.15) is 0 Å². The molecule has 2 aromatic rings. The van der Waals surface area contributed by atoms with Crippen molar-refractivity contribution < 1.29 is 14.3 Å². The van der Waals surface area contributed by atoms with Crippen LogP contribution in [0.25, 0.3) is 0 Å². The predicted octanol–water partition coefficient (Wildman–Crippen LogP) is 3.81. The standard InChI is InChI=1S/C24H32N2O3/c1-3-28-22-13-12-18(16-23(22)29-4-2)14-15-25-24(27)17-26-21-11-7-9-19-8-5-6-10-20(19)21/h5-6,8,10,12-13,16,21,26H,3-4,7,9,11,14-15,17H2,1-2H3,(H,25,27). The number of rotatable bonds is 10. The minimum atomic E-state index is 0.0315. The molecule has 5 heteroatoms. The molecule has 2 N–H and O–H groups in total. The van der Waals surface area contributed by atoms with Gasteiger partial charge < -0.3 is 20.1 Å². The number of benzene rings is 2. The maximum absolute atomic E-state index is 12.3. The lowest BCUT2D eigenvalue weighted by Gasteiger charge is -2.26. The van der Waals surface area contributed by atoms with Crippen molar-refractivity contribution in [3.05, 3.63) is 59.2 Å². The Morgan fingerprint density at radius 1 is 1.07 bits per heavy atom. The van der Waals surface area contributed by atoms with E-state index in [2.05, 4.69) is 34.9 Å². The van der Waals surface area contributed by atoms with E-state index in [-0.39, 0.29) is 11.9 Å². The van der Waals surface area contributed by atoms with Crippen LogP contribution in [-0.4, -0.2) is 32.2 Å². The fourth-order valence-electron chi connectivity index (χ4n) is 3.84. The summed E-state index contributed by atoms with van der Waals surface area (Å²) in [5, 5.41) is 6.44.